The molecule has 0 aromatic carbocycles. The molecule has 4 atom stereocenters. The Balaban J connectivity index is 2.33. The van der Waals surface area contributed by atoms with Crippen molar-refractivity contribution in [3.05, 3.63) is 32.6 Å². The standard InChI is InChI=1S/C15H23IN2O5/c1-4-15(16,5-2)6-9-10(19)14(3,22)11(23-9)8-7-17-13(21)18-12(8)20/h7,9-11,19,22H,4-6H2,1-3H3,(H2,17,18,20,21)/t9-,10-,11?,14-/m1/s1. The van der Waals surface area contributed by atoms with E-state index in [1.54, 1.807) is 0 Å². The highest BCUT2D eigenvalue weighted by Gasteiger charge is 2.54. The van der Waals surface area contributed by atoms with Crippen molar-refractivity contribution in [2.24, 2.45) is 0 Å². The molecule has 0 amide bonds. The first-order valence-corrected chi connectivity index (χ1v) is 8.79. The van der Waals surface area contributed by atoms with Gasteiger partial charge in [0.1, 0.15) is 17.8 Å². The number of hydrogen-bond donors (Lipinski definition) is 4. The van der Waals surface area contributed by atoms with Gasteiger partial charge >= 0.3 is 5.69 Å². The normalized spacial score (nSPS) is 31.5. The van der Waals surface area contributed by atoms with Crippen LogP contribution in [-0.2, 0) is 4.74 Å². The number of aliphatic hydroxyl groups excluding tert-OH is 1. The molecule has 1 aromatic heterocycles. The number of aromatic nitrogens is 2. The number of nitrogens with one attached hydrogen (secondary N) is 2. The van der Waals surface area contributed by atoms with Gasteiger partial charge in [0.05, 0.1) is 11.7 Å². The largest absolute Gasteiger partial charge is 0.387 e. The Morgan fingerprint density at radius 2 is 2.00 bits per heavy atom. The molecule has 23 heavy (non-hydrogen) atoms. The van der Waals surface area contributed by atoms with Crippen LogP contribution in [0.15, 0.2) is 15.8 Å². The fourth-order valence-electron chi connectivity index (χ4n) is 2.98. The molecule has 8 heteroatoms. The van der Waals surface area contributed by atoms with Crippen molar-refractivity contribution < 1.29 is 14.9 Å². The number of aliphatic hydroxyl groups is 2. The highest BCUT2D eigenvalue weighted by Crippen LogP contribution is 2.45. The fourth-order valence-corrected chi connectivity index (χ4v) is 3.41. The summed E-state index contributed by atoms with van der Waals surface area (Å²) >= 11 is 2.36. The van der Waals surface area contributed by atoms with Crippen LogP contribution in [0.25, 0.3) is 0 Å². The Morgan fingerprint density at radius 3 is 2.52 bits per heavy atom. The first kappa shape index (κ1) is 18.6. The summed E-state index contributed by atoms with van der Waals surface area (Å²) in [6.45, 7) is 5.58. The lowest BCUT2D eigenvalue weighted by atomic mass is 9.86. The number of aromatic amines is 2. The molecular formula is C15H23IN2O5. The van der Waals surface area contributed by atoms with E-state index in [4.69, 9.17) is 4.74 Å². The predicted molar refractivity (Wildman–Crippen MR) is 93.9 cm³/mol. The Hall–Kier alpha value is -0.710. The Morgan fingerprint density at radius 1 is 1.39 bits per heavy atom. The fraction of sp³-hybridized carbons (Fsp3) is 0.733. The highest BCUT2D eigenvalue weighted by atomic mass is 127. The van der Waals surface area contributed by atoms with Crippen molar-refractivity contribution in [1.29, 1.82) is 0 Å². The summed E-state index contributed by atoms with van der Waals surface area (Å²) in [5.41, 5.74) is -2.77. The first-order chi connectivity index (χ1) is 10.6. The molecule has 1 aromatic rings. The van der Waals surface area contributed by atoms with Crippen LogP contribution in [0.3, 0.4) is 0 Å². The van der Waals surface area contributed by atoms with Crippen LogP contribution in [-0.4, -0.2) is 41.4 Å². The molecule has 2 heterocycles. The van der Waals surface area contributed by atoms with E-state index < -0.39 is 35.2 Å². The van der Waals surface area contributed by atoms with Crippen LogP contribution in [0.1, 0.15) is 51.7 Å². The second-order valence-corrected chi connectivity index (χ2v) is 8.60. The molecule has 0 bridgehead atoms. The second kappa shape index (κ2) is 6.66. The third-order valence-corrected chi connectivity index (χ3v) is 6.72. The van der Waals surface area contributed by atoms with Gasteiger partial charge in [-0.15, -0.1) is 0 Å². The van der Waals surface area contributed by atoms with E-state index in [0.29, 0.717) is 6.42 Å². The lowest BCUT2D eigenvalue weighted by Gasteiger charge is -2.30. The van der Waals surface area contributed by atoms with Gasteiger partial charge in [-0.1, -0.05) is 36.4 Å². The van der Waals surface area contributed by atoms with Gasteiger partial charge in [-0.3, -0.25) is 9.78 Å². The van der Waals surface area contributed by atoms with Crippen LogP contribution in [0.4, 0.5) is 0 Å². The summed E-state index contributed by atoms with van der Waals surface area (Å²) in [6.07, 6.45) is 0.898. The number of rotatable bonds is 5. The minimum absolute atomic E-state index is 0.0498. The van der Waals surface area contributed by atoms with E-state index >= 15 is 0 Å². The number of halogens is 1. The number of alkyl halides is 1. The summed E-state index contributed by atoms with van der Waals surface area (Å²) < 4.78 is 5.80. The van der Waals surface area contributed by atoms with Gasteiger partial charge in [-0.05, 0) is 26.2 Å². The number of H-pyrrole nitrogens is 2. The van der Waals surface area contributed by atoms with E-state index in [0.717, 1.165) is 12.8 Å². The lowest BCUT2D eigenvalue weighted by molar-refractivity contribution is -0.0651. The third-order valence-electron chi connectivity index (χ3n) is 4.76. The highest BCUT2D eigenvalue weighted by molar-refractivity contribution is 14.1. The summed E-state index contributed by atoms with van der Waals surface area (Å²) in [5.74, 6) is 0. The van der Waals surface area contributed by atoms with E-state index in [1.165, 1.54) is 13.1 Å². The molecule has 1 fully saturated rings. The van der Waals surface area contributed by atoms with E-state index in [2.05, 4.69) is 46.4 Å². The topological polar surface area (TPSA) is 115 Å². The number of hydrogen-bond acceptors (Lipinski definition) is 5. The minimum atomic E-state index is -1.62. The Kier molecular flexibility index (Phi) is 5.39. The first-order valence-electron chi connectivity index (χ1n) is 7.71. The zero-order chi connectivity index (χ0) is 17.4. The van der Waals surface area contributed by atoms with Gasteiger partial charge in [-0.2, -0.15) is 0 Å². The third kappa shape index (κ3) is 3.54. The molecule has 2 rings (SSSR count). The van der Waals surface area contributed by atoms with Gasteiger partial charge in [0.2, 0.25) is 0 Å². The predicted octanol–water partition coefficient (Wildman–Crippen LogP) is 0.999. The molecule has 7 nitrogen and oxygen atoms in total. The van der Waals surface area contributed by atoms with Crippen molar-refractivity contribution in [3.63, 3.8) is 0 Å². The smallest absolute Gasteiger partial charge is 0.325 e. The van der Waals surface area contributed by atoms with E-state index in [9.17, 15) is 19.8 Å². The van der Waals surface area contributed by atoms with Crippen LogP contribution in [0.5, 0.6) is 0 Å². The zero-order valence-electron chi connectivity index (χ0n) is 13.4. The maximum absolute atomic E-state index is 12.0. The molecule has 0 radical (unpaired) electrons. The van der Waals surface area contributed by atoms with Gasteiger partial charge in [0, 0.05) is 9.62 Å². The van der Waals surface area contributed by atoms with Crippen molar-refractivity contribution in [3.8, 4) is 0 Å². The molecule has 130 valence electrons. The average molecular weight is 438 g/mol. The SMILES string of the molecule is CCC(I)(CC)C[C@H]1OC(c2c[nH]c(=O)[nH]c2=O)[C@](C)(O)[C@@H]1O. The van der Waals surface area contributed by atoms with Crippen molar-refractivity contribution in [1.82, 2.24) is 9.97 Å². The summed E-state index contributed by atoms with van der Waals surface area (Å²) in [6, 6.07) is 0. The van der Waals surface area contributed by atoms with Crippen molar-refractivity contribution in [2.45, 2.75) is 67.4 Å². The molecule has 1 unspecified atom stereocenters. The molecule has 4 N–H and O–H groups in total. The zero-order valence-corrected chi connectivity index (χ0v) is 15.6. The van der Waals surface area contributed by atoms with Crippen LogP contribution >= 0.6 is 22.6 Å². The summed E-state index contributed by atoms with van der Waals surface area (Å²) in [5, 5.41) is 21.1. The maximum Gasteiger partial charge on any atom is 0.325 e. The second-order valence-electron chi connectivity index (χ2n) is 6.31. The summed E-state index contributed by atoms with van der Waals surface area (Å²) in [4.78, 5) is 27.6. The Bertz CT molecular complexity index is 664. The van der Waals surface area contributed by atoms with E-state index in [-0.39, 0.29) is 8.99 Å². The Labute approximate surface area is 147 Å². The van der Waals surface area contributed by atoms with Crippen LogP contribution in [0.2, 0.25) is 0 Å². The van der Waals surface area contributed by atoms with Crippen molar-refractivity contribution in [2.75, 3.05) is 0 Å². The minimum Gasteiger partial charge on any atom is -0.387 e. The lowest BCUT2D eigenvalue weighted by Crippen LogP contribution is -2.44. The molecular weight excluding hydrogens is 415 g/mol. The van der Waals surface area contributed by atoms with Crippen LogP contribution < -0.4 is 11.2 Å². The molecule has 1 saturated heterocycles. The number of ether oxygens (including phenoxy) is 1. The molecule has 1 aliphatic heterocycles. The van der Waals surface area contributed by atoms with Gasteiger partial charge < -0.3 is 19.9 Å². The molecule has 1 aliphatic rings. The van der Waals surface area contributed by atoms with Crippen LogP contribution in [0, 0.1) is 0 Å². The monoisotopic (exact) mass is 438 g/mol. The molecule has 0 saturated carbocycles. The molecule has 0 spiro atoms. The quantitative estimate of drug-likeness (QED) is 0.405. The molecule has 0 aliphatic carbocycles. The maximum atomic E-state index is 12.0. The van der Waals surface area contributed by atoms with Gasteiger partial charge in [-0.25, -0.2) is 4.79 Å². The van der Waals surface area contributed by atoms with Crippen molar-refractivity contribution >= 4 is 22.6 Å². The van der Waals surface area contributed by atoms with Gasteiger partial charge in [0.25, 0.3) is 5.56 Å². The summed E-state index contributed by atoms with van der Waals surface area (Å²) in [7, 11) is 0. The van der Waals surface area contributed by atoms with Gasteiger partial charge in [0.15, 0.2) is 0 Å². The average Bonchev–Trinajstić information content (AvgIpc) is 2.71. The van der Waals surface area contributed by atoms with E-state index in [1.807, 2.05) is 0 Å².